The summed E-state index contributed by atoms with van der Waals surface area (Å²) in [7, 11) is 0. The van der Waals surface area contributed by atoms with E-state index in [-0.39, 0.29) is 83.6 Å². The van der Waals surface area contributed by atoms with Crippen molar-refractivity contribution in [2.24, 2.45) is 17.2 Å². The molecule has 4 atom stereocenters. The Balaban J connectivity index is 4.03. The minimum absolute atomic E-state index is 0.0844. The highest BCUT2D eigenvalue weighted by atomic mass is 19.4. The van der Waals surface area contributed by atoms with E-state index in [1.807, 2.05) is 102 Å². The van der Waals surface area contributed by atoms with E-state index in [9.17, 15) is 49.4 Å². The molecule has 21 nitrogen and oxygen atoms in total. The Bertz CT molecular complexity index is 2320. The van der Waals surface area contributed by atoms with Gasteiger partial charge in [-0.2, -0.15) is 54.5 Å². The lowest BCUT2D eigenvalue weighted by Crippen LogP contribution is -2.57. The molecule has 31 heteroatoms. The highest BCUT2D eigenvalue weighted by molar-refractivity contribution is 5.81. The summed E-state index contributed by atoms with van der Waals surface area (Å²) in [5.41, 5.74) is 8.12. The Morgan fingerprint density at radius 3 is 1.12 bits per heavy atom. The second kappa shape index (κ2) is 39.2. The van der Waals surface area contributed by atoms with Gasteiger partial charge < -0.3 is 85.4 Å². The zero-order valence-corrected chi connectivity index (χ0v) is 60.9. The zero-order chi connectivity index (χ0) is 73.9. The van der Waals surface area contributed by atoms with Gasteiger partial charge in [-0.05, 0) is 195 Å². The number of nitrogens with one attached hydrogen (secondary N) is 2. The van der Waals surface area contributed by atoms with E-state index >= 15 is 4.39 Å². The second-order valence-corrected chi connectivity index (χ2v) is 29.3. The third-order valence-corrected chi connectivity index (χ3v) is 16.6. The first kappa shape index (κ1) is 90.7. The van der Waals surface area contributed by atoms with Crippen molar-refractivity contribution in [1.82, 2.24) is 20.3 Å². The largest absolute Gasteiger partial charge is 0.448 e. The van der Waals surface area contributed by atoms with Gasteiger partial charge in [-0.15, -0.1) is 0 Å². The minimum Gasteiger partial charge on any atom is -0.396 e. The number of halogens is 10. The number of rotatable bonds is 53. The number of ether oxygens (including phenoxy) is 9. The molecule has 4 unspecified atom stereocenters. The summed E-state index contributed by atoms with van der Waals surface area (Å²) < 4.78 is 199. The Kier molecular flexibility index (Phi) is 37.0. The number of amides is 1. The molecule has 1 rings (SSSR count). The Morgan fingerprint density at radius 1 is 0.469 bits per heavy atom. The summed E-state index contributed by atoms with van der Waals surface area (Å²) in [6, 6.07) is 0. The fraction of sp³-hybridized carbons (Fsp3) is 0.938. The molecule has 1 aromatic rings. The monoisotopic (exact) mass is 1410 g/mol. The predicted octanol–water partition coefficient (Wildman–Crippen LogP) is 11.4. The van der Waals surface area contributed by atoms with Gasteiger partial charge >= 0.3 is 24.4 Å². The lowest BCUT2D eigenvalue weighted by Gasteiger charge is -2.43. The van der Waals surface area contributed by atoms with Gasteiger partial charge in [-0.3, -0.25) is 4.79 Å². The summed E-state index contributed by atoms with van der Waals surface area (Å²) >= 11 is 0. The van der Waals surface area contributed by atoms with Gasteiger partial charge in [0.1, 0.15) is 0 Å². The van der Waals surface area contributed by atoms with Crippen molar-refractivity contribution < 1.29 is 96.4 Å². The number of carbonyl (C=O) groups is 1. The molecule has 1 heterocycles. The third-order valence-electron chi connectivity index (χ3n) is 16.6. The number of aliphatic hydroxyl groups excluding tert-OH is 1. The Labute approximate surface area is 565 Å². The topological polar surface area (TPSA) is 268 Å². The molecule has 96 heavy (non-hydrogen) atoms. The van der Waals surface area contributed by atoms with Gasteiger partial charge in [0.05, 0.1) is 96.7 Å². The van der Waals surface area contributed by atoms with Crippen molar-refractivity contribution in [3.05, 3.63) is 0 Å². The molecule has 1 amide bonds. The molecular formula is C65H122F10N10O11. The van der Waals surface area contributed by atoms with Crippen molar-refractivity contribution in [2.45, 2.75) is 283 Å². The number of hydrogen-bond acceptors (Lipinski definition) is 20. The van der Waals surface area contributed by atoms with Gasteiger partial charge in [0.15, 0.2) is 0 Å². The normalized spacial score (nSPS) is 15.9. The first-order valence-corrected chi connectivity index (χ1v) is 33.5. The van der Waals surface area contributed by atoms with E-state index in [4.69, 9.17) is 74.8 Å². The summed E-state index contributed by atoms with van der Waals surface area (Å²) in [6.45, 7) is 33.3. The molecule has 0 aliphatic heterocycles. The smallest absolute Gasteiger partial charge is 0.396 e. The number of aliphatic hydroxyl groups is 1. The Hall–Kier alpha value is -3.34. The van der Waals surface area contributed by atoms with Crippen molar-refractivity contribution in [2.75, 3.05) is 127 Å². The minimum atomic E-state index is -5.98. The van der Waals surface area contributed by atoms with Crippen LogP contribution in [-0.4, -0.2) is 219 Å². The lowest BCUT2D eigenvalue weighted by molar-refractivity contribution is -0.378. The van der Waals surface area contributed by atoms with Crippen LogP contribution in [0.25, 0.3) is 0 Å². The SMILES string of the molecule is CCC(C)(CC(F)(OC(C)(CC)CCC(F)(F)F)C(F)(F)F)OC(C(=O)NCCNc1nc(N(CCOC(C)(C)CCO)CCOC(C)(C)CCOC(C)(C)CCN)nc(N(CCOC(C)(C)CCOC(C)(C)CCN)CCOC(C)(C)CCOC(C)(C)CCN)n1)C(F)(F)F. The number of anilines is 3. The summed E-state index contributed by atoms with van der Waals surface area (Å²) in [6.07, 6.45) is -22.1. The predicted molar refractivity (Wildman–Crippen MR) is 352 cm³/mol. The van der Waals surface area contributed by atoms with E-state index < -0.39 is 125 Å². The summed E-state index contributed by atoms with van der Waals surface area (Å²) in [4.78, 5) is 31.8. The molecule has 1 aromatic heterocycles. The van der Waals surface area contributed by atoms with E-state index in [0.717, 1.165) is 13.8 Å². The van der Waals surface area contributed by atoms with Crippen molar-refractivity contribution in [3.8, 4) is 0 Å². The number of alkyl halides is 10. The number of aromatic nitrogens is 3. The van der Waals surface area contributed by atoms with Gasteiger partial charge in [-0.1, -0.05) is 13.8 Å². The van der Waals surface area contributed by atoms with Crippen molar-refractivity contribution >= 4 is 23.8 Å². The maximum absolute atomic E-state index is 16.4. The molecule has 0 fully saturated rings. The average molecular weight is 1410 g/mol. The van der Waals surface area contributed by atoms with Crippen LogP contribution in [0.4, 0.5) is 61.7 Å². The number of nitrogens with zero attached hydrogens (tertiary/aromatic N) is 5. The van der Waals surface area contributed by atoms with Crippen LogP contribution in [0.1, 0.15) is 202 Å². The van der Waals surface area contributed by atoms with Gasteiger partial charge in [-0.25, -0.2) is 4.39 Å². The van der Waals surface area contributed by atoms with Gasteiger partial charge in [0.2, 0.25) is 23.9 Å². The molecular weight excluding hydrogens is 1290 g/mol. The maximum atomic E-state index is 16.4. The number of hydrogen-bond donors (Lipinski definition) is 6. The molecule has 0 radical (unpaired) electrons. The third kappa shape index (κ3) is 36.8. The zero-order valence-electron chi connectivity index (χ0n) is 60.9. The molecule has 0 saturated heterocycles. The average Bonchev–Trinajstić information content (AvgIpc) is 0.774. The van der Waals surface area contributed by atoms with Crippen LogP contribution in [0.2, 0.25) is 0 Å². The lowest BCUT2D eigenvalue weighted by atomic mass is 9.90. The highest BCUT2D eigenvalue weighted by Gasteiger charge is 2.64. The number of nitrogens with two attached hydrogens (primary N) is 3. The molecule has 0 bridgehead atoms. The molecule has 568 valence electrons. The first-order chi connectivity index (χ1) is 43.8. The van der Waals surface area contributed by atoms with E-state index in [1.165, 1.54) is 6.92 Å². The summed E-state index contributed by atoms with van der Waals surface area (Å²) in [5.74, 6) is -6.64. The van der Waals surface area contributed by atoms with E-state index in [0.29, 0.717) is 91.3 Å². The molecule has 9 N–H and O–H groups in total. The molecule has 0 spiro atoms. The van der Waals surface area contributed by atoms with Gasteiger partial charge in [0, 0.05) is 58.7 Å². The number of carbonyl (C=O) groups excluding carboxylic acids is 1. The standard InChI is InChI=1S/C65H122F10N10O11/c1-19-60(17,21-22-63(67,68)69)96-62(66,65(73,74)75)47-61(18,20-2)95-48(64(70,71)72)49(87)79-33-34-80-50-81-51(84(35-43-91-56(9,10)26-39-86)36-44-92-57(11,12)27-40-88-53(3,4)23-30-76)83-52(82-50)85(37-45-93-58(13,14)28-41-89-54(5,6)24-31-77)38-46-94-59(15,16)29-42-90-55(7,8)25-32-78/h48,86H,19-47,76-78H2,1-18H3,(H,79,87)(H,80,81,82,83). The van der Waals surface area contributed by atoms with Gasteiger partial charge in [0.25, 0.3) is 5.91 Å². The fourth-order valence-corrected chi connectivity index (χ4v) is 9.63. The van der Waals surface area contributed by atoms with Crippen molar-refractivity contribution in [3.63, 3.8) is 0 Å². The second-order valence-electron chi connectivity index (χ2n) is 29.3. The first-order valence-electron chi connectivity index (χ1n) is 33.5. The van der Waals surface area contributed by atoms with Crippen LogP contribution in [-0.2, 0) is 47.4 Å². The van der Waals surface area contributed by atoms with Crippen LogP contribution >= 0.6 is 0 Å². The maximum Gasteiger partial charge on any atom is 0.448 e. The Morgan fingerprint density at radius 2 is 0.812 bits per heavy atom. The molecule has 0 aliphatic rings. The van der Waals surface area contributed by atoms with Crippen LogP contribution in [0.3, 0.4) is 0 Å². The van der Waals surface area contributed by atoms with E-state index in [1.54, 1.807) is 4.90 Å². The highest BCUT2D eigenvalue weighted by Crippen LogP contribution is 2.48. The quantitative estimate of drug-likeness (QED) is 0.0261. The van der Waals surface area contributed by atoms with Crippen molar-refractivity contribution in [1.29, 1.82) is 0 Å². The molecule has 0 aromatic carbocycles. The van der Waals surface area contributed by atoms with Crippen LogP contribution < -0.4 is 37.6 Å². The van der Waals surface area contributed by atoms with Crippen LogP contribution in [0.15, 0.2) is 0 Å². The molecule has 0 saturated carbocycles. The summed E-state index contributed by atoms with van der Waals surface area (Å²) in [5, 5.41) is 14.9. The van der Waals surface area contributed by atoms with Crippen LogP contribution in [0, 0.1) is 0 Å². The fourth-order valence-electron chi connectivity index (χ4n) is 9.63. The van der Waals surface area contributed by atoms with Crippen LogP contribution in [0.5, 0.6) is 0 Å². The molecule has 0 aliphatic carbocycles. The van der Waals surface area contributed by atoms with E-state index in [2.05, 4.69) is 10.6 Å².